The third-order valence-electron chi connectivity index (χ3n) is 1.82. The quantitative estimate of drug-likeness (QED) is 0.761. The second-order valence-corrected chi connectivity index (χ2v) is 5.29. The van der Waals surface area contributed by atoms with Crippen molar-refractivity contribution in [1.82, 2.24) is 0 Å². The van der Waals surface area contributed by atoms with E-state index in [1.54, 1.807) is 0 Å². The molecule has 0 saturated heterocycles. The molecular weight excluding hydrogens is 250 g/mol. The molecule has 0 aliphatic heterocycles. The number of hydrogen-bond donors (Lipinski definition) is 0. The zero-order chi connectivity index (χ0) is 10.9. The highest BCUT2D eigenvalue weighted by molar-refractivity contribution is 7.86. The largest absolute Gasteiger partial charge is 0.309 e. The highest BCUT2D eigenvalue weighted by Crippen LogP contribution is 2.31. The molecule has 6 heteroatoms. The zero-order valence-corrected chi connectivity index (χ0v) is 9.50. The van der Waals surface area contributed by atoms with Crippen LogP contribution in [0.2, 0.25) is 10.0 Å². The Kier molecular flexibility index (Phi) is 3.40. The van der Waals surface area contributed by atoms with E-state index in [9.17, 15) is 12.3 Å². The molecule has 1 rings (SSSR count). The summed E-state index contributed by atoms with van der Waals surface area (Å²) in [5, 5.41) is -0.795. The molecule has 0 aromatic heterocycles. The first kappa shape index (κ1) is 11.8. The first-order chi connectivity index (χ1) is 6.32. The van der Waals surface area contributed by atoms with Gasteiger partial charge >= 0.3 is 10.2 Å². The maximum Gasteiger partial charge on any atom is 0.309 e. The summed E-state index contributed by atoms with van der Waals surface area (Å²) in [6.07, 6.45) is 0. The molecule has 2 nitrogen and oxygen atoms in total. The average Bonchev–Trinajstić information content (AvgIpc) is 2.06. The van der Waals surface area contributed by atoms with Gasteiger partial charge in [-0.15, -0.1) is 3.89 Å². The fraction of sp³-hybridized carbons (Fsp3) is 0.250. The maximum atomic E-state index is 12.7. The molecule has 78 valence electrons. The normalized spacial score (nSPS) is 14.0. The Hall–Kier alpha value is -0.320. The molecular formula is C8H7Cl2FO2S. The Morgan fingerprint density at radius 3 is 2.43 bits per heavy atom. The van der Waals surface area contributed by atoms with Gasteiger partial charge in [0.25, 0.3) is 0 Å². The molecule has 0 radical (unpaired) electrons. The van der Waals surface area contributed by atoms with Gasteiger partial charge in [-0.25, -0.2) is 0 Å². The predicted molar refractivity (Wildman–Crippen MR) is 54.9 cm³/mol. The van der Waals surface area contributed by atoms with Crippen molar-refractivity contribution in [2.45, 2.75) is 12.2 Å². The number of rotatable bonds is 2. The summed E-state index contributed by atoms with van der Waals surface area (Å²) in [5.74, 6) is 0. The van der Waals surface area contributed by atoms with Crippen LogP contribution in [0.1, 0.15) is 17.7 Å². The molecule has 0 fully saturated rings. The van der Waals surface area contributed by atoms with Crippen molar-refractivity contribution in [1.29, 1.82) is 0 Å². The van der Waals surface area contributed by atoms with Gasteiger partial charge in [-0.3, -0.25) is 0 Å². The number of benzene rings is 1. The van der Waals surface area contributed by atoms with Crippen LogP contribution in [0, 0.1) is 0 Å². The molecule has 0 N–H and O–H groups in total. The summed E-state index contributed by atoms with van der Waals surface area (Å²) < 4.78 is 33.9. The van der Waals surface area contributed by atoms with Crippen LogP contribution in [0.3, 0.4) is 0 Å². The van der Waals surface area contributed by atoms with Crippen LogP contribution >= 0.6 is 23.2 Å². The molecule has 0 amide bonds. The molecule has 0 aliphatic carbocycles. The van der Waals surface area contributed by atoms with Crippen molar-refractivity contribution in [3.8, 4) is 0 Å². The van der Waals surface area contributed by atoms with Crippen molar-refractivity contribution in [3.05, 3.63) is 33.8 Å². The lowest BCUT2D eigenvalue weighted by Crippen LogP contribution is -2.04. The standard InChI is InChI=1S/C8H7Cl2FO2S/c1-5(14(11,12)13)7-4-6(9)2-3-8(7)10/h2-5H,1H3. The molecule has 0 aliphatic rings. The minimum Gasteiger partial charge on any atom is -0.194 e. The smallest absolute Gasteiger partial charge is 0.194 e. The first-order valence-electron chi connectivity index (χ1n) is 3.71. The van der Waals surface area contributed by atoms with E-state index >= 15 is 0 Å². The molecule has 1 aromatic carbocycles. The third-order valence-corrected chi connectivity index (χ3v) is 3.50. The van der Waals surface area contributed by atoms with Crippen LogP contribution in [0.25, 0.3) is 0 Å². The van der Waals surface area contributed by atoms with Crippen LogP contribution in [0.4, 0.5) is 3.89 Å². The highest BCUT2D eigenvalue weighted by Gasteiger charge is 2.23. The molecule has 14 heavy (non-hydrogen) atoms. The summed E-state index contributed by atoms with van der Waals surface area (Å²) in [5.41, 5.74) is 0.168. The SMILES string of the molecule is CC(c1cc(Cl)ccc1Cl)S(=O)(=O)F. The van der Waals surface area contributed by atoms with E-state index in [0.717, 1.165) is 0 Å². The lowest BCUT2D eigenvalue weighted by molar-refractivity contribution is 0.540. The van der Waals surface area contributed by atoms with E-state index in [1.807, 2.05) is 0 Å². The van der Waals surface area contributed by atoms with Gasteiger partial charge in [0.2, 0.25) is 0 Å². The topological polar surface area (TPSA) is 34.1 Å². The molecule has 1 unspecified atom stereocenters. The van der Waals surface area contributed by atoms with Gasteiger partial charge in [-0.2, -0.15) is 8.42 Å². The van der Waals surface area contributed by atoms with Crippen LogP contribution in [-0.4, -0.2) is 8.42 Å². The van der Waals surface area contributed by atoms with Gasteiger partial charge in [0.05, 0.1) is 0 Å². The third kappa shape index (κ3) is 2.59. The summed E-state index contributed by atoms with van der Waals surface area (Å²) in [7, 11) is -4.64. The van der Waals surface area contributed by atoms with Gasteiger partial charge in [0, 0.05) is 10.0 Å². The van der Waals surface area contributed by atoms with Crippen molar-refractivity contribution in [2.24, 2.45) is 0 Å². The summed E-state index contributed by atoms with van der Waals surface area (Å²) in [6, 6.07) is 4.28. The van der Waals surface area contributed by atoms with Crippen LogP contribution in [-0.2, 0) is 10.2 Å². The molecule has 0 heterocycles. The fourth-order valence-corrected chi connectivity index (χ4v) is 2.00. The lowest BCUT2D eigenvalue weighted by Gasteiger charge is -2.09. The maximum absolute atomic E-state index is 12.7. The molecule has 1 aromatic rings. The summed E-state index contributed by atoms with van der Waals surface area (Å²) >= 11 is 11.3. The zero-order valence-electron chi connectivity index (χ0n) is 7.17. The van der Waals surface area contributed by atoms with E-state index in [4.69, 9.17) is 23.2 Å². The summed E-state index contributed by atoms with van der Waals surface area (Å²) in [6.45, 7) is 1.22. The first-order valence-corrected chi connectivity index (χ1v) is 5.91. The molecule has 0 bridgehead atoms. The Balaban J connectivity index is 3.26. The molecule has 0 spiro atoms. The van der Waals surface area contributed by atoms with E-state index in [-0.39, 0.29) is 10.6 Å². The fourth-order valence-electron chi connectivity index (χ4n) is 0.978. The molecule has 1 atom stereocenters. The van der Waals surface area contributed by atoms with Gasteiger partial charge in [-0.05, 0) is 30.7 Å². The molecule has 0 saturated carbocycles. The van der Waals surface area contributed by atoms with E-state index < -0.39 is 15.5 Å². The van der Waals surface area contributed by atoms with Gasteiger partial charge in [0.1, 0.15) is 5.25 Å². The Bertz CT molecular complexity index is 445. The minimum atomic E-state index is -4.64. The minimum absolute atomic E-state index is 0.168. The van der Waals surface area contributed by atoms with E-state index in [0.29, 0.717) is 5.02 Å². The highest BCUT2D eigenvalue weighted by atomic mass is 35.5. The van der Waals surface area contributed by atoms with Crippen molar-refractivity contribution in [2.75, 3.05) is 0 Å². The van der Waals surface area contributed by atoms with Crippen LogP contribution < -0.4 is 0 Å². The van der Waals surface area contributed by atoms with Crippen molar-refractivity contribution in [3.63, 3.8) is 0 Å². The van der Waals surface area contributed by atoms with E-state index in [1.165, 1.54) is 25.1 Å². The summed E-state index contributed by atoms with van der Waals surface area (Å²) in [4.78, 5) is 0. The number of halogens is 3. The Morgan fingerprint density at radius 2 is 1.93 bits per heavy atom. The van der Waals surface area contributed by atoms with Crippen LogP contribution in [0.5, 0.6) is 0 Å². The van der Waals surface area contributed by atoms with Gasteiger partial charge in [0.15, 0.2) is 0 Å². The van der Waals surface area contributed by atoms with Gasteiger partial charge < -0.3 is 0 Å². The predicted octanol–water partition coefficient (Wildman–Crippen LogP) is 3.35. The Labute approximate surface area is 91.9 Å². The average molecular weight is 257 g/mol. The van der Waals surface area contributed by atoms with Crippen LogP contribution in [0.15, 0.2) is 18.2 Å². The second kappa shape index (κ2) is 4.04. The number of hydrogen-bond acceptors (Lipinski definition) is 2. The van der Waals surface area contributed by atoms with E-state index in [2.05, 4.69) is 0 Å². The van der Waals surface area contributed by atoms with Crippen molar-refractivity contribution >= 4 is 33.4 Å². The van der Waals surface area contributed by atoms with Crippen molar-refractivity contribution < 1.29 is 12.3 Å². The lowest BCUT2D eigenvalue weighted by atomic mass is 10.2. The Morgan fingerprint density at radius 1 is 1.36 bits per heavy atom. The van der Waals surface area contributed by atoms with Gasteiger partial charge in [-0.1, -0.05) is 23.2 Å². The monoisotopic (exact) mass is 256 g/mol. The second-order valence-electron chi connectivity index (χ2n) is 2.78.